The highest BCUT2D eigenvalue weighted by Gasteiger charge is 2.12. The highest BCUT2D eigenvalue weighted by molar-refractivity contribution is 7.96. The molecular weight excluding hydrogens is 283 g/mol. The van der Waals surface area contributed by atoms with Gasteiger partial charge in [-0.05, 0) is 12.1 Å². The molecule has 1 nitrogen and oxygen atoms in total. The van der Waals surface area contributed by atoms with Crippen LogP contribution in [0.2, 0.25) is 0 Å². The lowest BCUT2D eigenvalue weighted by Gasteiger charge is -1.98. The molecule has 0 aromatic heterocycles. The van der Waals surface area contributed by atoms with Crippen molar-refractivity contribution in [2.24, 2.45) is 0 Å². The first-order valence-electron chi connectivity index (χ1n) is 3.63. The fourth-order valence-electron chi connectivity index (χ4n) is 0.908. The van der Waals surface area contributed by atoms with Crippen LogP contribution < -0.4 is 24.0 Å². The number of aliphatic hydroxyl groups is 1. The molecule has 0 bridgehead atoms. The Kier molecular flexibility index (Phi) is 6.89. The molecule has 0 aliphatic carbocycles. The number of benzene rings is 1. The average molecular weight is 296 g/mol. The van der Waals surface area contributed by atoms with E-state index in [0.717, 1.165) is 5.75 Å². The number of rotatable bonds is 3. The number of hydrogen-bond donors (Lipinski definition) is 1. The van der Waals surface area contributed by atoms with Gasteiger partial charge in [0.1, 0.15) is 12.0 Å². The molecule has 0 fully saturated rings. The lowest BCUT2D eigenvalue weighted by atomic mass is 10.4. The van der Waals surface area contributed by atoms with E-state index in [2.05, 4.69) is 18.4 Å². The molecule has 12 heavy (non-hydrogen) atoms. The van der Waals surface area contributed by atoms with Gasteiger partial charge in [-0.3, -0.25) is 0 Å². The zero-order valence-electron chi connectivity index (χ0n) is 7.03. The zero-order chi connectivity index (χ0) is 8.10. The van der Waals surface area contributed by atoms with E-state index in [1.807, 2.05) is 18.2 Å². The van der Waals surface area contributed by atoms with Gasteiger partial charge in [-0.2, -0.15) is 0 Å². The summed E-state index contributed by atoms with van der Waals surface area (Å²) < 4.78 is 0. The van der Waals surface area contributed by atoms with Gasteiger partial charge in [0.05, 0.1) is 6.61 Å². The molecule has 0 aliphatic heterocycles. The first-order chi connectivity index (χ1) is 5.34. The van der Waals surface area contributed by atoms with Crippen molar-refractivity contribution < 1.29 is 29.1 Å². The Balaban J connectivity index is 0.00000121. The fraction of sp³-hybridized carbons (Fsp3) is 0.333. The van der Waals surface area contributed by atoms with E-state index < -0.39 is 0 Å². The maximum Gasteiger partial charge on any atom is 0.154 e. The summed E-state index contributed by atoms with van der Waals surface area (Å²) >= 11 is 0. The Morgan fingerprint density at radius 2 is 1.83 bits per heavy atom. The van der Waals surface area contributed by atoms with E-state index in [-0.39, 0.29) is 41.5 Å². The van der Waals surface area contributed by atoms with Crippen LogP contribution >= 0.6 is 0 Å². The molecule has 0 spiro atoms. The second-order valence-electron chi connectivity index (χ2n) is 2.38. The Hall–Kier alpha value is 0.260. The monoisotopic (exact) mass is 296 g/mol. The van der Waals surface area contributed by atoms with Crippen molar-refractivity contribution in [1.29, 1.82) is 0 Å². The summed E-state index contributed by atoms with van der Waals surface area (Å²) in [4.78, 5) is 1.33. The maximum atomic E-state index is 8.70. The smallest absolute Gasteiger partial charge is 0.154 e. The van der Waals surface area contributed by atoms with E-state index in [1.54, 1.807) is 0 Å². The predicted octanol–water partition coefficient (Wildman–Crippen LogP) is -1.71. The second-order valence-corrected chi connectivity index (χ2v) is 4.53. The van der Waals surface area contributed by atoms with Crippen LogP contribution in [0.1, 0.15) is 0 Å². The van der Waals surface area contributed by atoms with Crippen molar-refractivity contribution in [3.63, 3.8) is 0 Å². The van der Waals surface area contributed by atoms with Gasteiger partial charge in [-0.25, -0.2) is 0 Å². The minimum atomic E-state index is 0. The first kappa shape index (κ1) is 12.3. The summed E-state index contributed by atoms with van der Waals surface area (Å²) in [5.41, 5.74) is 0. The Morgan fingerprint density at radius 3 is 2.33 bits per heavy atom. The Bertz CT molecular complexity index is 203. The molecule has 0 saturated heterocycles. The molecule has 1 rings (SSSR count). The summed E-state index contributed by atoms with van der Waals surface area (Å²) in [6.45, 7) is 0.286. The van der Waals surface area contributed by atoms with E-state index in [9.17, 15) is 0 Å². The van der Waals surface area contributed by atoms with Crippen LogP contribution in [0.15, 0.2) is 35.2 Å². The van der Waals surface area contributed by atoms with Crippen molar-refractivity contribution in [2.75, 3.05) is 18.6 Å². The van der Waals surface area contributed by atoms with Crippen LogP contribution in [0.5, 0.6) is 0 Å². The fourth-order valence-corrected chi connectivity index (χ4v) is 2.04. The van der Waals surface area contributed by atoms with Crippen LogP contribution in [0, 0.1) is 0 Å². The lowest BCUT2D eigenvalue weighted by Crippen LogP contribution is -3.00. The van der Waals surface area contributed by atoms with Crippen LogP contribution in [0.4, 0.5) is 0 Å². The standard InChI is InChI=1S/C9H13OS.HI/c1-11(8-7-10)9-5-3-2-4-6-9;/h2-6,10H,7-8H2,1H3;1H/q+1;/p-1. The van der Waals surface area contributed by atoms with Crippen molar-refractivity contribution in [2.45, 2.75) is 4.90 Å². The number of hydrogen-bond acceptors (Lipinski definition) is 1. The van der Waals surface area contributed by atoms with Crippen molar-refractivity contribution in [3.8, 4) is 0 Å². The van der Waals surface area contributed by atoms with Crippen molar-refractivity contribution in [1.82, 2.24) is 0 Å². The van der Waals surface area contributed by atoms with E-state index >= 15 is 0 Å². The van der Waals surface area contributed by atoms with Crippen molar-refractivity contribution >= 4 is 10.9 Å². The third-order valence-corrected chi connectivity index (χ3v) is 3.41. The first-order valence-corrected chi connectivity index (χ1v) is 5.43. The van der Waals surface area contributed by atoms with Crippen molar-refractivity contribution in [3.05, 3.63) is 30.3 Å². The van der Waals surface area contributed by atoms with Gasteiger partial charge >= 0.3 is 0 Å². The Labute approximate surface area is 93.6 Å². The SMILES string of the molecule is C[S+](CCO)c1ccccc1.[I-]. The highest BCUT2D eigenvalue weighted by Crippen LogP contribution is 2.09. The van der Waals surface area contributed by atoms with Gasteiger partial charge in [-0.1, -0.05) is 18.2 Å². The van der Waals surface area contributed by atoms with Gasteiger partial charge in [0, 0.05) is 10.9 Å². The Morgan fingerprint density at radius 1 is 1.25 bits per heavy atom. The quantitative estimate of drug-likeness (QED) is 0.520. The third-order valence-electron chi connectivity index (χ3n) is 1.54. The normalized spacial score (nSPS) is 11.8. The zero-order valence-corrected chi connectivity index (χ0v) is 10.0. The lowest BCUT2D eigenvalue weighted by molar-refractivity contribution is -0.00000346. The molecule has 1 aromatic carbocycles. The topological polar surface area (TPSA) is 20.2 Å². The second kappa shape index (κ2) is 6.74. The van der Waals surface area contributed by atoms with Crippen LogP contribution in [0.3, 0.4) is 0 Å². The molecule has 0 radical (unpaired) electrons. The molecule has 1 N–H and O–H groups in total. The minimum Gasteiger partial charge on any atom is -1.00 e. The molecule has 68 valence electrons. The van der Waals surface area contributed by atoms with Gasteiger partial charge in [0.2, 0.25) is 0 Å². The molecule has 1 aromatic rings. The summed E-state index contributed by atoms with van der Waals surface area (Å²) in [5, 5.41) is 8.70. The summed E-state index contributed by atoms with van der Waals surface area (Å²) in [6, 6.07) is 10.3. The van der Waals surface area contributed by atoms with Gasteiger partial charge in [0.15, 0.2) is 4.90 Å². The van der Waals surface area contributed by atoms with Crippen LogP contribution in [-0.2, 0) is 10.9 Å². The number of halogens is 1. The largest absolute Gasteiger partial charge is 1.00 e. The predicted molar refractivity (Wildman–Crippen MR) is 49.9 cm³/mol. The minimum absolute atomic E-state index is 0. The highest BCUT2D eigenvalue weighted by atomic mass is 127. The van der Waals surface area contributed by atoms with Crippen LogP contribution in [-0.4, -0.2) is 23.7 Å². The molecule has 0 heterocycles. The third kappa shape index (κ3) is 3.78. The molecule has 0 amide bonds. The van der Waals surface area contributed by atoms with Gasteiger partial charge < -0.3 is 29.1 Å². The van der Waals surface area contributed by atoms with Gasteiger partial charge in [-0.15, -0.1) is 0 Å². The molecule has 3 heteroatoms. The van der Waals surface area contributed by atoms with E-state index in [4.69, 9.17) is 5.11 Å². The van der Waals surface area contributed by atoms with E-state index in [1.165, 1.54) is 4.90 Å². The summed E-state index contributed by atoms with van der Waals surface area (Å²) in [7, 11) is 0.217. The van der Waals surface area contributed by atoms with Gasteiger partial charge in [0.25, 0.3) is 0 Å². The molecule has 1 unspecified atom stereocenters. The van der Waals surface area contributed by atoms with Crippen LogP contribution in [0.25, 0.3) is 0 Å². The molecule has 0 saturated carbocycles. The maximum absolute atomic E-state index is 8.70. The molecule has 0 aliphatic rings. The van der Waals surface area contributed by atoms with E-state index in [0.29, 0.717) is 0 Å². The summed E-state index contributed by atoms with van der Waals surface area (Å²) in [6.07, 6.45) is 2.16. The average Bonchev–Trinajstić information content (AvgIpc) is 2.07. The molecule has 1 atom stereocenters. The molecular formula is C9H13IOS. The number of aliphatic hydroxyl groups excluding tert-OH is 1. The summed E-state index contributed by atoms with van der Waals surface area (Å²) in [5.74, 6) is 0.879.